The predicted molar refractivity (Wildman–Crippen MR) is 169 cm³/mol. The van der Waals surface area contributed by atoms with E-state index in [2.05, 4.69) is 15.6 Å². The lowest BCUT2D eigenvalue weighted by Crippen LogP contribution is -2.58. The molecule has 2 aromatic rings. The van der Waals surface area contributed by atoms with E-state index in [1.807, 2.05) is 64.4 Å². The number of hydrogen-bond donors (Lipinski definition) is 3. The van der Waals surface area contributed by atoms with E-state index in [9.17, 15) is 19.5 Å². The number of nitrogens with one attached hydrogen (secondary N) is 2. The second-order valence-electron chi connectivity index (χ2n) is 13.1. The van der Waals surface area contributed by atoms with Gasteiger partial charge in [-0.15, -0.1) is 11.3 Å². The number of carbonyl (C=O) groups is 3. The van der Waals surface area contributed by atoms with Crippen molar-refractivity contribution in [1.29, 1.82) is 0 Å². The summed E-state index contributed by atoms with van der Waals surface area (Å²) in [6.45, 7) is 9.68. The minimum atomic E-state index is -0.824. The zero-order chi connectivity index (χ0) is 30.4. The van der Waals surface area contributed by atoms with Gasteiger partial charge in [0.05, 0.1) is 28.2 Å². The quantitative estimate of drug-likeness (QED) is 0.344. The Hall–Kier alpha value is -2.72. The molecule has 8 nitrogen and oxygen atoms in total. The van der Waals surface area contributed by atoms with Crippen LogP contribution in [0, 0.1) is 12.3 Å². The smallest absolute Gasteiger partial charge is 0.246 e. The Balaban J connectivity index is 1.41. The maximum atomic E-state index is 13.9. The third-order valence-corrected chi connectivity index (χ3v) is 9.56. The lowest BCUT2D eigenvalue weighted by molar-refractivity contribution is -0.142. The molecule has 1 unspecified atom stereocenters. The van der Waals surface area contributed by atoms with Crippen molar-refractivity contribution >= 4 is 36.2 Å². The van der Waals surface area contributed by atoms with Crippen LogP contribution in [0.1, 0.15) is 96.4 Å². The zero-order valence-corrected chi connectivity index (χ0v) is 26.5. The zero-order valence-electron chi connectivity index (χ0n) is 25.7. The van der Waals surface area contributed by atoms with Gasteiger partial charge in [-0.1, -0.05) is 95.8 Å². The van der Waals surface area contributed by atoms with Crippen molar-refractivity contribution in [2.75, 3.05) is 6.54 Å². The van der Waals surface area contributed by atoms with Crippen LogP contribution in [-0.2, 0) is 9.59 Å². The van der Waals surface area contributed by atoms with Gasteiger partial charge in [0.1, 0.15) is 12.1 Å². The van der Waals surface area contributed by atoms with Crippen LogP contribution in [0.5, 0.6) is 0 Å². The minimum Gasteiger partial charge on any atom is -0.391 e. The molecule has 1 aliphatic carbocycles. The molecule has 0 bridgehead atoms. The van der Waals surface area contributed by atoms with Gasteiger partial charge in [-0.3, -0.25) is 14.4 Å². The standard InChI is InChI=1S/C32H46BN4O4S/c1-20(22-13-15-23(16-14-22)27-21(2)34-19-42-27)35-29(39)26-17-25(38)18-37(26)30(40)28(32(3,4)5)36-31(41)33-24-11-9-7-6-8-10-12-24/h13-16,19-20,24-26,28,38H,6-12,17-18H2,1-5H3,(H,35,39)(H,36,41)/t20-,25+,26-,28?/m0/s1. The number of thiazole rings is 1. The lowest BCUT2D eigenvalue weighted by atomic mass is 9.59. The highest BCUT2D eigenvalue weighted by molar-refractivity contribution is 7.13. The third-order valence-electron chi connectivity index (χ3n) is 8.58. The molecule has 1 saturated carbocycles. The molecular weight excluding hydrogens is 547 g/mol. The first-order chi connectivity index (χ1) is 19.9. The molecule has 1 saturated heterocycles. The number of nitrogens with zero attached hydrogens (tertiary/aromatic N) is 2. The normalized spacial score (nSPS) is 21.6. The van der Waals surface area contributed by atoms with Crippen molar-refractivity contribution in [1.82, 2.24) is 20.5 Å². The fourth-order valence-corrected chi connectivity index (χ4v) is 6.89. The number of carbonyl (C=O) groups excluding carboxylic acids is 3. The Labute approximate surface area is 255 Å². The van der Waals surface area contributed by atoms with Gasteiger partial charge in [-0.25, -0.2) is 4.98 Å². The molecule has 4 rings (SSSR count). The lowest BCUT2D eigenvalue weighted by Gasteiger charge is -2.36. The van der Waals surface area contributed by atoms with Crippen molar-refractivity contribution in [3.63, 3.8) is 0 Å². The second kappa shape index (κ2) is 14.2. The van der Waals surface area contributed by atoms with Crippen LogP contribution < -0.4 is 10.6 Å². The average Bonchev–Trinajstić information content (AvgIpc) is 3.53. The number of aliphatic hydroxyl groups excluding tert-OH is 1. The first kappa shape index (κ1) is 32.2. The highest BCUT2D eigenvalue weighted by atomic mass is 32.1. The van der Waals surface area contributed by atoms with Gasteiger partial charge >= 0.3 is 0 Å². The van der Waals surface area contributed by atoms with E-state index in [-0.39, 0.29) is 42.4 Å². The minimum absolute atomic E-state index is 0.0585. The van der Waals surface area contributed by atoms with Crippen LogP contribution in [0.25, 0.3) is 10.4 Å². The summed E-state index contributed by atoms with van der Waals surface area (Å²) >= 11 is 1.59. The second-order valence-corrected chi connectivity index (χ2v) is 13.9. The summed E-state index contributed by atoms with van der Waals surface area (Å²) in [7, 11) is 1.75. The maximum absolute atomic E-state index is 13.9. The summed E-state index contributed by atoms with van der Waals surface area (Å²) in [5.74, 6) is -0.666. The molecule has 227 valence electrons. The number of aromatic nitrogens is 1. The fraction of sp³-hybridized carbons (Fsp3) is 0.625. The molecule has 3 amide bonds. The Kier molecular flexibility index (Phi) is 10.9. The molecule has 2 aliphatic rings. The molecule has 1 aromatic heterocycles. The summed E-state index contributed by atoms with van der Waals surface area (Å²) < 4.78 is 0. The Morgan fingerprint density at radius 2 is 1.69 bits per heavy atom. The van der Waals surface area contributed by atoms with Crippen molar-refractivity contribution in [2.24, 2.45) is 5.41 Å². The monoisotopic (exact) mass is 593 g/mol. The van der Waals surface area contributed by atoms with Gasteiger partial charge in [0, 0.05) is 13.0 Å². The van der Waals surface area contributed by atoms with Crippen LogP contribution in [-0.4, -0.2) is 64.6 Å². The van der Waals surface area contributed by atoms with Crippen molar-refractivity contribution in [3.05, 3.63) is 41.0 Å². The molecule has 4 atom stereocenters. The van der Waals surface area contributed by atoms with Gasteiger partial charge in [-0.05, 0) is 30.4 Å². The van der Waals surface area contributed by atoms with Crippen LogP contribution in [0.3, 0.4) is 0 Å². The van der Waals surface area contributed by atoms with Gasteiger partial charge in [0.25, 0.3) is 0 Å². The molecule has 1 aromatic carbocycles. The Morgan fingerprint density at radius 1 is 1.05 bits per heavy atom. The molecule has 2 heterocycles. The summed E-state index contributed by atoms with van der Waals surface area (Å²) in [5, 5.41) is 16.5. The average molecular weight is 594 g/mol. The summed E-state index contributed by atoms with van der Waals surface area (Å²) in [6.07, 6.45) is 7.24. The van der Waals surface area contributed by atoms with Crippen molar-refractivity contribution < 1.29 is 19.5 Å². The van der Waals surface area contributed by atoms with Crippen molar-refractivity contribution in [2.45, 2.75) is 116 Å². The van der Waals surface area contributed by atoms with E-state index < -0.39 is 23.6 Å². The molecule has 3 N–H and O–H groups in total. The Bertz CT molecular complexity index is 1220. The summed E-state index contributed by atoms with van der Waals surface area (Å²) in [6, 6.07) is 6.10. The predicted octanol–water partition coefficient (Wildman–Crippen LogP) is 5.62. The molecule has 42 heavy (non-hydrogen) atoms. The van der Waals surface area contributed by atoms with Crippen LogP contribution in [0.4, 0.5) is 4.79 Å². The van der Waals surface area contributed by atoms with Crippen LogP contribution in [0.2, 0.25) is 5.82 Å². The summed E-state index contributed by atoms with van der Waals surface area (Å²) in [5.41, 5.74) is 4.25. The number of aryl methyl sites for hydroxylation is 1. The van der Waals surface area contributed by atoms with E-state index in [1.54, 1.807) is 18.6 Å². The van der Waals surface area contributed by atoms with E-state index in [4.69, 9.17) is 0 Å². The number of benzene rings is 1. The number of hydrogen-bond acceptors (Lipinski definition) is 6. The van der Waals surface area contributed by atoms with Crippen LogP contribution in [0.15, 0.2) is 29.8 Å². The fourth-order valence-electron chi connectivity index (χ4n) is 6.07. The Morgan fingerprint density at radius 3 is 2.29 bits per heavy atom. The molecule has 1 aliphatic heterocycles. The maximum Gasteiger partial charge on any atom is 0.246 e. The number of aliphatic hydroxyl groups is 1. The van der Waals surface area contributed by atoms with E-state index in [0.717, 1.165) is 47.4 Å². The number of likely N-dealkylation sites (tertiary alicyclic amines) is 1. The molecule has 1 radical (unpaired) electrons. The van der Waals surface area contributed by atoms with Gasteiger partial charge in [0.2, 0.25) is 19.1 Å². The highest BCUT2D eigenvalue weighted by Gasteiger charge is 2.44. The number of β-amino-alcohol motifs (C(OH)–C–C–N with tert-alkyl or cyclic N) is 1. The topological polar surface area (TPSA) is 112 Å². The third kappa shape index (κ3) is 8.22. The molecule has 0 spiro atoms. The summed E-state index contributed by atoms with van der Waals surface area (Å²) in [4.78, 5) is 47.4. The van der Waals surface area contributed by atoms with Gasteiger partial charge in [0.15, 0.2) is 5.81 Å². The first-order valence-electron chi connectivity index (χ1n) is 15.4. The van der Waals surface area contributed by atoms with Crippen LogP contribution >= 0.6 is 11.3 Å². The highest BCUT2D eigenvalue weighted by Crippen LogP contribution is 2.30. The van der Waals surface area contributed by atoms with Gasteiger partial charge < -0.3 is 20.6 Å². The molecule has 2 fully saturated rings. The van der Waals surface area contributed by atoms with E-state index in [1.165, 1.54) is 24.2 Å². The van der Waals surface area contributed by atoms with Gasteiger partial charge in [-0.2, -0.15) is 0 Å². The van der Waals surface area contributed by atoms with E-state index in [0.29, 0.717) is 0 Å². The number of rotatable bonds is 8. The largest absolute Gasteiger partial charge is 0.391 e. The molecular formula is C32H46BN4O4S. The molecule has 10 heteroatoms. The van der Waals surface area contributed by atoms with Crippen molar-refractivity contribution in [3.8, 4) is 10.4 Å². The van der Waals surface area contributed by atoms with E-state index >= 15 is 0 Å². The SMILES string of the molecule is Cc1ncsc1-c1ccc([C@H](C)NC(=O)[C@@H]2C[C@@H](O)CN2C(=O)C(NC(=O)[B]C2CCCCCCC2)C(C)(C)C)cc1. The number of amides is 3. The first-order valence-corrected chi connectivity index (χ1v) is 16.3.